The molecule has 1 aromatic carbocycles. The molecule has 1 fully saturated rings. The summed E-state index contributed by atoms with van der Waals surface area (Å²) in [5.74, 6) is -10.3. The van der Waals surface area contributed by atoms with Gasteiger partial charge in [-0.3, -0.25) is 14.6 Å². The van der Waals surface area contributed by atoms with Gasteiger partial charge in [-0.15, -0.1) is 0 Å². The van der Waals surface area contributed by atoms with E-state index in [1.54, 1.807) is 0 Å². The van der Waals surface area contributed by atoms with Crippen LogP contribution in [0.15, 0.2) is 30.5 Å². The molecule has 0 radical (unpaired) electrons. The van der Waals surface area contributed by atoms with Crippen molar-refractivity contribution in [3.8, 4) is 5.75 Å². The molecule has 1 saturated heterocycles. The Morgan fingerprint density at radius 1 is 1.23 bits per heavy atom. The molecule has 2 heterocycles. The van der Waals surface area contributed by atoms with Crippen molar-refractivity contribution in [2.75, 3.05) is 5.32 Å². The highest BCUT2D eigenvalue weighted by Crippen LogP contribution is 2.55. The summed E-state index contributed by atoms with van der Waals surface area (Å²) in [6.45, 7) is -1.98. The molecule has 0 bridgehead atoms. The van der Waals surface area contributed by atoms with Crippen molar-refractivity contribution in [1.29, 1.82) is 0 Å². The first kappa shape index (κ1) is 26.2. The first-order chi connectivity index (χ1) is 16.2. The normalized spacial score (nSPS) is 24.5. The summed E-state index contributed by atoms with van der Waals surface area (Å²) in [7, 11) is 0. The zero-order chi connectivity index (χ0) is 26.3. The van der Waals surface area contributed by atoms with Gasteiger partial charge in [-0.05, 0) is 25.1 Å². The van der Waals surface area contributed by atoms with Crippen LogP contribution in [0, 0.1) is 17.6 Å². The number of rotatable bonds is 6. The number of aromatic nitrogens is 1. The molecule has 0 aliphatic carbocycles. The zero-order valence-electron chi connectivity index (χ0n) is 18.0. The molecule has 3 N–H and O–H groups in total. The van der Waals surface area contributed by atoms with Crippen LogP contribution < -0.4 is 15.8 Å². The lowest BCUT2D eigenvalue weighted by Crippen LogP contribution is -2.47. The van der Waals surface area contributed by atoms with Gasteiger partial charge in [0.2, 0.25) is 5.82 Å². The van der Waals surface area contributed by atoms with E-state index >= 15 is 0 Å². The number of carbonyl (C=O) groups excluding carboxylic acids is 2. The molecule has 3 rings (SSSR count). The molecule has 7 nitrogen and oxygen atoms in total. The quantitative estimate of drug-likeness (QED) is 0.570. The Labute approximate surface area is 193 Å². The monoisotopic (exact) mass is 509 g/mol. The average Bonchev–Trinajstić information content (AvgIpc) is 3.04. The van der Waals surface area contributed by atoms with E-state index in [0.717, 1.165) is 25.3 Å². The van der Waals surface area contributed by atoms with Crippen LogP contribution in [0.1, 0.15) is 35.8 Å². The van der Waals surface area contributed by atoms with Gasteiger partial charge in [-0.25, -0.2) is 4.39 Å². The SMILES string of the molecule is C[C@@H]1[C@H](c2ccc(F)c(F)c2OC(F)F)[C@@H](C(=O)Nc2ccnc(C(N)=O)c2)O[C@]1(C)C(F)(F)F. The van der Waals surface area contributed by atoms with Crippen molar-refractivity contribution in [3.05, 3.63) is 53.4 Å². The van der Waals surface area contributed by atoms with Crippen molar-refractivity contribution in [3.63, 3.8) is 0 Å². The molecule has 1 aliphatic heterocycles. The minimum atomic E-state index is -5.04. The number of nitrogens with one attached hydrogen (secondary N) is 1. The van der Waals surface area contributed by atoms with Gasteiger partial charge in [-0.2, -0.15) is 26.3 Å². The second-order valence-electron chi connectivity index (χ2n) is 7.90. The number of halogens is 7. The molecular weight excluding hydrogens is 491 g/mol. The number of ether oxygens (including phenoxy) is 2. The number of nitrogens with two attached hydrogens (primary N) is 1. The van der Waals surface area contributed by atoms with Crippen LogP contribution in [0.25, 0.3) is 0 Å². The van der Waals surface area contributed by atoms with Gasteiger partial charge >= 0.3 is 12.8 Å². The summed E-state index contributed by atoms with van der Waals surface area (Å²) in [5, 5.41) is 2.24. The second kappa shape index (κ2) is 9.32. The number of amides is 2. The Morgan fingerprint density at radius 2 is 1.89 bits per heavy atom. The molecular formula is C21H18F7N3O4. The molecule has 14 heteroatoms. The predicted octanol–water partition coefficient (Wildman–Crippen LogP) is 4.14. The van der Waals surface area contributed by atoms with Crippen molar-refractivity contribution >= 4 is 17.5 Å². The standard InChI is InChI=1S/C21H18F7N3O4/c1-8-13(10-3-4-11(22)14(23)15(10)34-19(24)25)16(35-20(8,2)21(26,27)28)18(33)31-9-5-6-30-12(7-9)17(29)32/h3-8,13,16,19H,1-2H3,(H2,29,32)(H,30,31,33)/t8-,13-,16+,20+/m1/s1. The molecule has 0 spiro atoms. The lowest BCUT2D eigenvalue weighted by molar-refractivity contribution is -0.272. The lowest BCUT2D eigenvalue weighted by atomic mass is 9.77. The first-order valence-electron chi connectivity index (χ1n) is 9.91. The number of carbonyl (C=O) groups is 2. The number of benzene rings is 1. The average molecular weight is 509 g/mol. The number of nitrogens with zero attached hydrogens (tertiary/aromatic N) is 1. The lowest BCUT2D eigenvalue weighted by Gasteiger charge is -2.32. The third-order valence-electron chi connectivity index (χ3n) is 5.85. The molecule has 190 valence electrons. The second-order valence-corrected chi connectivity index (χ2v) is 7.90. The fourth-order valence-electron chi connectivity index (χ4n) is 3.90. The predicted molar refractivity (Wildman–Crippen MR) is 106 cm³/mol. The highest BCUT2D eigenvalue weighted by atomic mass is 19.4. The number of primary amides is 1. The Kier molecular flexibility index (Phi) is 6.97. The molecule has 4 atom stereocenters. The van der Waals surface area contributed by atoms with Crippen LogP contribution in [0.4, 0.5) is 36.4 Å². The van der Waals surface area contributed by atoms with Crippen LogP contribution in [-0.2, 0) is 9.53 Å². The van der Waals surface area contributed by atoms with E-state index in [1.807, 2.05) is 0 Å². The van der Waals surface area contributed by atoms with E-state index in [-0.39, 0.29) is 11.4 Å². The zero-order valence-corrected chi connectivity index (χ0v) is 18.0. The van der Waals surface area contributed by atoms with Gasteiger partial charge in [-0.1, -0.05) is 13.0 Å². The fourth-order valence-corrected chi connectivity index (χ4v) is 3.90. The molecule has 2 aromatic rings. The molecule has 2 amide bonds. The fraction of sp³-hybridized carbons (Fsp3) is 0.381. The maximum absolute atomic E-state index is 14.4. The largest absolute Gasteiger partial charge is 0.431 e. The third kappa shape index (κ3) is 4.88. The molecule has 1 aromatic heterocycles. The minimum Gasteiger partial charge on any atom is -0.431 e. The van der Waals surface area contributed by atoms with Gasteiger partial charge < -0.3 is 20.5 Å². The number of hydrogen-bond acceptors (Lipinski definition) is 5. The molecule has 35 heavy (non-hydrogen) atoms. The van der Waals surface area contributed by atoms with Crippen LogP contribution in [0.3, 0.4) is 0 Å². The highest BCUT2D eigenvalue weighted by Gasteiger charge is 2.66. The van der Waals surface area contributed by atoms with E-state index in [1.165, 1.54) is 6.07 Å². The number of pyridine rings is 1. The first-order valence-corrected chi connectivity index (χ1v) is 9.91. The Balaban J connectivity index is 2.10. The van der Waals surface area contributed by atoms with Crippen molar-refractivity contribution in [2.24, 2.45) is 11.7 Å². The maximum Gasteiger partial charge on any atom is 0.417 e. The smallest absolute Gasteiger partial charge is 0.417 e. The van der Waals surface area contributed by atoms with Crippen LogP contribution in [0.2, 0.25) is 0 Å². The summed E-state index contributed by atoms with van der Waals surface area (Å²) in [4.78, 5) is 28.0. The van der Waals surface area contributed by atoms with Gasteiger partial charge in [0.15, 0.2) is 17.2 Å². The summed E-state index contributed by atoms with van der Waals surface area (Å²) < 4.78 is 105. The van der Waals surface area contributed by atoms with Gasteiger partial charge in [0, 0.05) is 29.3 Å². The van der Waals surface area contributed by atoms with Crippen molar-refractivity contribution in [1.82, 2.24) is 4.98 Å². The van der Waals surface area contributed by atoms with Crippen LogP contribution >= 0.6 is 0 Å². The van der Waals surface area contributed by atoms with Gasteiger partial charge in [0.05, 0.1) is 0 Å². The number of hydrogen-bond donors (Lipinski definition) is 2. The molecule has 0 unspecified atom stereocenters. The molecule has 0 saturated carbocycles. The van der Waals surface area contributed by atoms with E-state index in [4.69, 9.17) is 10.5 Å². The Bertz CT molecular complexity index is 1140. The van der Waals surface area contributed by atoms with Crippen LogP contribution in [-0.4, -0.2) is 41.3 Å². The van der Waals surface area contributed by atoms with Crippen LogP contribution in [0.5, 0.6) is 5.75 Å². The Morgan fingerprint density at radius 3 is 2.46 bits per heavy atom. The number of anilines is 1. The summed E-state index contributed by atoms with van der Waals surface area (Å²) >= 11 is 0. The topological polar surface area (TPSA) is 104 Å². The van der Waals surface area contributed by atoms with E-state index in [0.29, 0.717) is 13.0 Å². The van der Waals surface area contributed by atoms with Crippen molar-refractivity contribution < 1.29 is 49.8 Å². The maximum atomic E-state index is 14.4. The summed E-state index contributed by atoms with van der Waals surface area (Å²) in [5.41, 5.74) is 1.14. The number of alkyl halides is 5. The van der Waals surface area contributed by atoms with Crippen molar-refractivity contribution in [2.45, 2.75) is 44.3 Å². The van der Waals surface area contributed by atoms with E-state index in [2.05, 4.69) is 15.0 Å². The highest BCUT2D eigenvalue weighted by molar-refractivity contribution is 5.97. The summed E-state index contributed by atoms with van der Waals surface area (Å²) in [6, 6.07) is 3.50. The van der Waals surface area contributed by atoms with Gasteiger partial charge in [0.1, 0.15) is 11.8 Å². The molecule has 1 aliphatic rings. The van der Waals surface area contributed by atoms with Gasteiger partial charge in [0.25, 0.3) is 11.8 Å². The van der Waals surface area contributed by atoms with E-state index in [9.17, 15) is 40.3 Å². The third-order valence-corrected chi connectivity index (χ3v) is 5.85. The summed E-state index contributed by atoms with van der Waals surface area (Å²) in [6.07, 6.45) is -5.97. The van der Waals surface area contributed by atoms with E-state index < -0.39 is 71.1 Å². The Hall–Kier alpha value is -3.42. The minimum absolute atomic E-state index is 0.0937.